The molecular weight excluding hydrogens is 256 g/mol. The Morgan fingerprint density at radius 2 is 1.50 bits per heavy atom. The summed E-state index contributed by atoms with van der Waals surface area (Å²) < 4.78 is 37.6. The van der Waals surface area contributed by atoms with Crippen molar-refractivity contribution in [2.75, 3.05) is 27.6 Å². The van der Waals surface area contributed by atoms with Crippen molar-refractivity contribution in [3.63, 3.8) is 0 Å². The topological polar surface area (TPSA) is 61.8 Å². The summed E-state index contributed by atoms with van der Waals surface area (Å²) in [7, 11) is 1.34. The Balaban J connectivity index is 3.28. The summed E-state index contributed by atoms with van der Waals surface area (Å²) in [5.41, 5.74) is 0.648. The second-order valence-corrected chi connectivity index (χ2v) is 5.52. The molecule has 18 heavy (non-hydrogen) atoms. The van der Waals surface area contributed by atoms with E-state index < -0.39 is 9.84 Å². The summed E-state index contributed by atoms with van der Waals surface area (Å²) in [5.74, 6) is 1.42. The van der Waals surface area contributed by atoms with Crippen LogP contribution >= 0.6 is 0 Å². The zero-order valence-electron chi connectivity index (χ0n) is 10.8. The van der Waals surface area contributed by atoms with Gasteiger partial charge in [0, 0.05) is 11.7 Å². The summed E-state index contributed by atoms with van der Waals surface area (Å²) in [4.78, 5) is 0. The van der Waals surface area contributed by atoms with Gasteiger partial charge in [0.2, 0.25) is 5.75 Å². The average Bonchev–Trinajstić information content (AvgIpc) is 2.33. The first-order valence-corrected chi connectivity index (χ1v) is 7.05. The molecule has 6 heteroatoms. The fourth-order valence-electron chi connectivity index (χ4n) is 1.40. The molecule has 0 aliphatic carbocycles. The molecule has 1 aromatic carbocycles. The van der Waals surface area contributed by atoms with Gasteiger partial charge in [0.25, 0.3) is 0 Å². The molecule has 0 saturated carbocycles. The highest BCUT2D eigenvalue weighted by Crippen LogP contribution is 2.38. The molecule has 1 aromatic rings. The number of hydrogen-bond donors (Lipinski definition) is 0. The van der Waals surface area contributed by atoms with Crippen LogP contribution < -0.4 is 14.2 Å². The Bertz CT molecular complexity index is 521. The van der Waals surface area contributed by atoms with Crippen LogP contribution in [0.15, 0.2) is 17.5 Å². The highest BCUT2D eigenvalue weighted by Gasteiger charge is 2.12. The van der Waals surface area contributed by atoms with Crippen LogP contribution in [-0.2, 0) is 9.84 Å². The van der Waals surface area contributed by atoms with Gasteiger partial charge in [-0.05, 0) is 23.8 Å². The first-order chi connectivity index (χ1) is 8.41. The molecule has 0 bridgehead atoms. The first-order valence-electron chi connectivity index (χ1n) is 5.09. The lowest BCUT2D eigenvalue weighted by Crippen LogP contribution is -1.95. The van der Waals surface area contributed by atoms with Crippen LogP contribution in [0.3, 0.4) is 0 Å². The Hall–Kier alpha value is -1.69. The highest BCUT2D eigenvalue weighted by molar-refractivity contribution is 7.93. The average molecular weight is 272 g/mol. The predicted molar refractivity (Wildman–Crippen MR) is 70.0 cm³/mol. The van der Waals surface area contributed by atoms with Crippen molar-refractivity contribution in [3.8, 4) is 17.2 Å². The molecular formula is C12H16O5S. The molecule has 0 aromatic heterocycles. The molecule has 0 aliphatic heterocycles. The summed E-state index contributed by atoms with van der Waals surface area (Å²) in [6.07, 6.45) is 2.60. The van der Waals surface area contributed by atoms with E-state index in [9.17, 15) is 8.42 Å². The molecule has 0 spiro atoms. The van der Waals surface area contributed by atoms with Gasteiger partial charge in [-0.1, -0.05) is 0 Å². The van der Waals surface area contributed by atoms with Gasteiger partial charge < -0.3 is 14.2 Å². The smallest absolute Gasteiger partial charge is 0.203 e. The van der Waals surface area contributed by atoms with Gasteiger partial charge in [-0.15, -0.1) is 0 Å². The van der Waals surface area contributed by atoms with Crippen molar-refractivity contribution in [2.45, 2.75) is 0 Å². The second-order valence-electron chi connectivity index (χ2n) is 3.59. The molecule has 0 saturated heterocycles. The lowest BCUT2D eigenvalue weighted by molar-refractivity contribution is 0.324. The van der Waals surface area contributed by atoms with Gasteiger partial charge in [-0.3, -0.25) is 0 Å². The zero-order chi connectivity index (χ0) is 13.8. The number of ether oxygens (including phenoxy) is 3. The van der Waals surface area contributed by atoms with E-state index in [1.807, 2.05) is 0 Å². The first kappa shape index (κ1) is 14.4. The lowest BCUT2D eigenvalue weighted by atomic mass is 10.2. The third-order valence-electron chi connectivity index (χ3n) is 2.19. The van der Waals surface area contributed by atoms with Gasteiger partial charge in [0.1, 0.15) is 0 Å². The molecule has 0 heterocycles. The monoisotopic (exact) mass is 272 g/mol. The zero-order valence-corrected chi connectivity index (χ0v) is 11.6. The maximum Gasteiger partial charge on any atom is 0.203 e. The predicted octanol–water partition coefficient (Wildman–Crippen LogP) is 1.73. The van der Waals surface area contributed by atoms with E-state index in [1.54, 1.807) is 12.1 Å². The van der Waals surface area contributed by atoms with Crippen molar-refractivity contribution in [3.05, 3.63) is 23.1 Å². The number of methoxy groups -OCH3 is 3. The van der Waals surface area contributed by atoms with Gasteiger partial charge in [0.05, 0.1) is 21.3 Å². The van der Waals surface area contributed by atoms with Gasteiger partial charge in [0.15, 0.2) is 21.3 Å². The Kier molecular flexibility index (Phi) is 4.61. The number of rotatable bonds is 5. The van der Waals surface area contributed by atoms with E-state index in [1.165, 1.54) is 27.4 Å². The highest BCUT2D eigenvalue weighted by atomic mass is 32.2. The van der Waals surface area contributed by atoms with E-state index in [0.717, 1.165) is 11.7 Å². The second kappa shape index (κ2) is 5.77. The van der Waals surface area contributed by atoms with Crippen molar-refractivity contribution >= 4 is 15.9 Å². The lowest BCUT2D eigenvalue weighted by Gasteiger charge is -2.12. The van der Waals surface area contributed by atoms with Gasteiger partial charge in [-0.25, -0.2) is 8.42 Å². The van der Waals surface area contributed by atoms with Crippen molar-refractivity contribution in [1.82, 2.24) is 0 Å². The molecule has 0 fully saturated rings. The van der Waals surface area contributed by atoms with E-state index in [4.69, 9.17) is 14.2 Å². The summed E-state index contributed by atoms with van der Waals surface area (Å²) in [5, 5.41) is 1.12. The quantitative estimate of drug-likeness (QED) is 0.817. The van der Waals surface area contributed by atoms with E-state index in [-0.39, 0.29) is 0 Å². The fourth-order valence-corrected chi connectivity index (χ4v) is 1.80. The minimum absolute atomic E-state index is 0.469. The standard InChI is InChI=1S/C12H16O5S/c1-15-10-7-9(5-6-18(4,13)14)8-11(16-2)12(10)17-3/h5-8H,1-4H3. The molecule has 0 unspecified atom stereocenters. The van der Waals surface area contributed by atoms with Crippen LogP contribution in [0.25, 0.3) is 6.08 Å². The third kappa shape index (κ3) is 3.66. The minimum atomic E-state index is -3.17. The molecule has 0 atom stereocenters. The van der Waals surface area contributed by atoms with Crippen LogP contribution in [0.4, 0.5) is 0 Å². The fraction of sp³-hybridized carbons (Fsp3) is 0.333. The Labute approximate surface area is 107 Å². The molecule has 100 valence electrons. The summed E-state index contributed by atoms with van der Waals surface area (Å²) in [6, 6.07) is 3.34. The van der Waals surface area contributed by atoms with Crippen LogP contribution in [0.2, 0.25) is 0 Å². The SMILES string of the molecule is COc1cc(C=CS(C)(=O)=O)cc(OC)c1OC. The molecule has 1 rings (SSSR count). The van der Waals surface area contributed by atoms with E-state index >= 15 is 0 Å². The Morgan fingerprint density at radius 3 is 1.83 bits per heavy atom. The van der Waals surface area contributed by atoms with Gasteiger partial charge in [-0.2, -0.15) is 0 Å². The molecule has 0 aliphatic rings. The number of hydrogen-bond acceptors (Lipinski definition) is 5. The van der Waals surface area contributed by atoms with Crippen molar-refractivity contribution < 1.29 is 22.6 Å². The minimum Gasteiger partial charge on any atom is -0.493 e. The van der Waals surface area contributed by atoms with Crippen molar-refractivity contribution in [2.24, 2.45) is 0 Å². The summed E-state index contributed by atoms with van der Waals surface area (Å²) >= 11 is 0. The number of benzene rings is 1. The molecule has 0 N–H and O–H groups in total. The number of sulfone groups is 1. The van der Waals surface area contributed by atoms with Crippen LogP contribution in [0.1, 0.15) is 5.56 Å². The largest absolute Gasteiger partial charge is 0.493 e. The van der Waals surface area contributed by atoms with Crippen molar-refractivity contribution in [1.29, 1.82) is 0 Å². The van der Waals surface area contributed by atoms with Gasteiger partial charge >= 0.3 is 0 Å². The maximum absolute atomic E-state index is 11.1. The summed E-state index contributed by atoms with van der Waals surface area (Å²) in [6.45, 7) is 0. The van der Waals surface area contributed by atoms with Crippen LogP contribution in [0.5, 0.6) is 17.2 Å². The van der Waals surface area contributed by atoms with Crippen LogP contribution in [0, 0.1) is 0 Å². The van der Waals surface area contributed by atoms with E-state index in [0.29, 0.717) is 22.8 Å². The molecule has 0 amide bonds. The van der Waals surface area contributed by atoms with E-state index in [2.05, 4.69) is 0 Å². The Morgan fingerprint density at radius 1 is 1.00 bits per heavy atom. The maximum atomic E-state index is 11.1. The van der Waals surface area contributed by atoms with Crippen LogP contribution in [-0.4, -0.2) is 36.0 Å². The molecule has 0 radical (unpaired) electrons. The normalized spacial score (nSPS) is 11.6. The third-order valence-corrected chi connectivity index (χ3v) is 2.83. The molecule has 5 nitrogen and oxygen atoms in total.